The van der Waals surface area contributed by atoms with Crippen LogP contribution in [0.1, 0.15) is 22.3 Å². The van der Waals surface area contributed by atoms with Crippen molar-refractivity contribution in [3.05, 3.63) is 74.8 Å². The van der Waals surface area contributed by atoms with Crippen molar-refractivity contribution < 1.29 is 22.3 Å². The van der Waals surface area contributed by atoms with E-state index >= 15 is 4.39 Å². The lowest BCUT2D eigenvalue weighted by molar-refractivity contribution is -0.137. The highest BCUT2D eigenvalue weighted by molar-refractivity contribution is 5.88. The Morgan fingerprint density at radius 2 is 1.84 bits per heavy atom. The normalized spacial score (nSPS) is 14.6. The van der Waals surface area contributed by atoms with Gasteiger partial charge in [0, 0.05) is 31.3 Å². The molecule has 0 bridgehead atoms. The molecule has 5 nitrogen and oxygen atoms in total. The molecule has 0 radical (unpaired) electrons. The Bertz CT molecular complexity index is 1220. The van der Waals surface area contributed by atoms with Gasteiger partial charge in [-0.2, -0.15) is 18.4 Å². The molecule has 0 saturated carbocycles. The minimum atomic E-state index is -4.46. The summed E-state index contributed by atoms with van der Waals surface area (Å²) < 4.78 is 59.3. The van der Waals surface area contributed by atoms with Gasteiger partial charge < -0.3 is 14.6 Å². The molecule has 2 aromatic carbocycles. The van der Waals surface area contributed by atoms with E-state index in [-0.39, 0.29) is 23.1 Å². The molecule has 0 atom stereocenters. The predicted molar refractivity (Wildman–Crippen MR) is 107 cm³/mol. The smallest absolute Gasteiger partial charge is 0.378 e. The summed E-state index contributed by atoms with van der Waals surface area (Å²) in [5.74, 6) is -0.628. The van der Waals surface area contributed by atoms with Gasteiger partial charge in [-0.3, -0.25) is 4.79 Å². The number of benzene rings is 2. The maximum Gasteiger partial charge on any atom is 0.416 e. The van der Waals surface area contributed by atoms with E-state index in [0.717, 1.165) is 18.2 Å². The Morgan fingerprint density at radius 1 is 1.16 bits per heavy atom. The zero-order valence-electron chi connectivity index (χ0n) is 16.2. The molecule has 1 saturated heterocycles. The van der Waals surface area contributed by atoms with E-state index < -0.39 is 23.0 Å². The topological polar surface area (TPSA) is 69.1 Å². The number of rotatable bonds is 3. The van der Waals surface area contributed by atoms with Crippen molar-refractivity contribution in [3.63, 3.8) is 0 Å². The van der Waals surface area contributed by atoms with Crippen molar-refractivity contribution in [2.75, 3.05) is 31.2 Å². The number of ether oxygens (including phenoxy) is 1. The van der Waals surface area contributed by atoms with Gasteiger partial charge in [0.1, 0.15) is 17.4 Å². The van der Waals surface area contributed by atoms with Crippen molar-refractivity contribution in [2.45, 2.75) is 12.6 Å². The number of nitrogens with one attached hydrogen (secondary N) is 1. The molecule has 1 aliphatic rings. The third kappa shape index (κ3) is 3.99. The molecule has 1 aromatic heterocycles. The van der Waals surface area contributed by atoms with Crippen molar-refractivity contribution in [1.82, 2.24) is 4.98 Å². The van der Waals surface area contributed by atoms with Crippen LogP contribution in [0.15, 0.2) is 41.3 Å². The lowest BCUT2D eigenvalue weighted by atomic mass is 9.97. The van der Waals surface area contributed by atoms with Crippen molar-refractivity contribution >= 4 is 16.6 Å². The summed E-state index contributed by atoms with van der Waals surface area (Å²) in [6.45, 7) is 1.67. The van der Waals surface area contributed by atoms with Gasteiger partial charge in [-0.15, -0.1) is 0 Å². The molecule has 0 amide bonds. The number of halogens is 4. The van der Waals surface area contributed by atoms with E-state index in [4.69, 9.17) is 10.00 Å². The molecule has 3 aromatic rings. The van der Waals surface area contributed by atoms with Crippen LogP contribution in [0.5, 0.6) is 0 Å². The van der Waals surface area contributed by atoms with Gasteiger partial charge >= 0.3 is 6.18 Å². The Balaban J connectivity index is 1.88. The molecule has 0 aliphatic carbocycles. The van der Waals surface area contributed by atoms with Gasteiger partial charge in [-0.1, -0.05) is 12.1 Å². The minimum Gasteiger partial charge on any atom is -0.378 e. The van der Waals surface area contributed by atoms with Crippen LogP contribution in [0.4, 0.5) is 23.2 Å². The maximum atomic E-state index is 15.2. The van der Waals surface area contributed by atoms with Crippen LogP contribution in [-0.4, -0.2) is 31.3 Å². The van der Waals surface area contributed by atoms with Crippen LogP contribution in [-0.2, 0) is 17.3 Å². The molecular formula is C22H17F4N3O2. The number of nitriles is 1. The number of fused-ring (bicyclic) bond motifs is 1. The van der Waals surface area contributed by atoms with Crippen LogP contribution in [0, 0.1) is 17.1 Å². The van der Waals surface area contributed by atoms with Crippen LogP contribution in [0.3, 0.4) is 0 Å². The zero-order valence-corrected chi connectivity index (χ0v) is 16.2. The standard InChI is InChI=1S/C22H17F4N3O2/c23-18-10-17-19(28-12-14(11-27)21(17)30)16(20(18)29-5-7-31-8-6-29)9-13-1-3-15(4-2-13)22(24,25)26/h1-4,10,12H,5-9H2,(H,28,30). The number of H-pyrrole nitrogens is 1. The molecule has 1 fully saturated rings. The van der Waals surface area contributed by atoms with E-state index in [1.54, 1.807) is 11.0 Å². The van der Waals surface area contributed by atoms with E-state index in [2.05, 4.69) is 4.98 Å². The van der Waals surface area contributed by atoms with E-state index in [1.165, 1.54) is 18.3 Å². The molecule has 4 rings (SSSR count). The Morgan fingerprint density at radius 3 is 2.45 bits per heavy atom. The first-order chi connectivity index (χ1) is 14.8. The quantitative estimate of drug-likeness (QED) is 0.637. The Hall–Kier alpha value is -3.38. The molecule has 0 unspecified atom stereocenters. The Labute approximate surface area is 174 Å². The van der Waals surface area contributed by atoms with Gasteiger partial charge in [0.2, 0.25) is 5.43 Å². The first-order valence-corrected chi connectivity index (χ1v) is 9.55. The van der Waals surface area contributed by atoms with Gasteiger partial charge in [0.05, 0.1) is 35.4 Å². The summed E-state index contributed by atoms with van der Waals surface area (Å²) in [4.78, 5) is 17.3. The average molecular weight is 431 g/mol. The first-order valence-electron chi connectivity index (χ1n) is 9.55. The van der Waals surface area contributed by atoms with Crippen molar-refractivity contribution in [3.8, 4) is 6.07 Å². The number of alkyl halides is 3. The lowest BCUT2D eigenvalue weighted by Gasteiger charge is -2.31. The summed E-state index contributed by atoms with van der Waals surface area (Å²) in [6.07, 6.45) is -3.09. The summed E-state index contributed by atoms with van der Waals surface area (Å²) in [5, 5.41) is 9.15. The van der Waals surface area contributed by atoms with Crippen LogP contribution in [0.25, 0.3) is 10.9 Å². The fourth-order valence-corrected chi connectivity index (χ4v) is 3.79. The van der Waals surface area contributed by atoms with E-state index in [1.807, 2.05) is 0 Å². The van der Waals surface area contributed by atoms with Gasteiger partial charge in [-0.25, -0.2) is 4.39 Å². The second-order valence-corrected chi connectivity index (χ2v) is 7.22. The number of nitrogens with zero attached hydrogens (tertiary/aromatic N) is 2. The van der Waals surface area contributed by atoms with Gasteiger partial charge in [0.15, 0.2) is 0 Å². The molecule has 9 heteroatoms. The van der Waals surface area contributed by atoms with E-state index in [9.17, 15) is 18.0 Å². The highest BCUT2D eigenvalue weighted by Gasteiger charge is 2.30. The Kier molecular flexibility index (Phi) is 5.41. The second-order valence-electron chi connectivity index (χ2n) is 7.22. The minimum absolute atomic E-state index is 0.0236. The fourth-order valence-electron chi connectivity index (χ4n) is 3.79. The monoisotopic (exact) mass is 431 g/mol. The molecule has 0 spiro atoms. The number of hydrogen-bond acceptors (Lipinski definition) is 4. The molecule has 31 heavy (non-hydrogen) atoms. The summed E-state index contributed by atoms with van der Waals surface area (Å²) in [5.41, 5.74) is 0.0744. The number of anilines is 1. The molecule has 2 heterocycles. The van der Waals surface area contributed by atoms with Crippen molar-refractivity contribution in [2.24, 2.45) is 0 Å². The second kappa shape index (κ2) is 8.04. The zero-order chi connectivity index (χ0) is 22.2. The number of hydrogen-bond donors (Lipinski definition) is 1. The highest BCUT2D eigenvalue weighted by atomic mass is 19.4. The molecular weight excluding hydrogens is 414 g/mol. The average Bonchev–Trinajstić information content (AvgIpc) is 2.75. The third-order valence-electron chi connectivity index (χ3n) is 5.31. The summed E-state index contributed by atoms with van der Waals surface area (Å²) >= 11 is 0. The van der Waals surface area contributed by atoms with Gasteiger partial charge in [0.25, 0.3) is 0 Å². The SMILES string of the molecule is N#Cc1c[nH]c2c(Cc3ccc(C(F)(F)F)cc3)c(N3CCOCC3)c(F)cc2c1=O. The first kappa shape index (κ1) is 20.9. The number of pyridine rings is 1. The van der Waals surface area contributed by atoms with Crippen molar-refractivity contribution in [1.29, 1.82) is 5.26 Å². The van der Waals surface area contributed by atoms with Gasteiger partial charge in [-0.05, 0) is 23.8 Å². The largest absolute Gasteiger partial charge is 0.416 e. The summed E-state index contributed by atoms with van der Waals surface area (Å²) in [6, 6.07) is 7.51. The van der Waals surface area contributed by atoms with Crippen LogP contribution >= 0.6 is 0 Å². The molecule has 160 valence electrons. The van der Waals surface area contributed by atoms with E-state index in [0.29, 0.717) is 42.9 Å². The third-order valence-corrected chi connectivity index (χ3v) is 5.31. The van der Waals surface area contributed by atoms with Crippen LogP contribution in [0.2, 0.25) is 0 Å². The number of aromatic amines is 1. The number of aromatic nitrogens is 1. The fraction of sp³-hybridized carbons (Fsp3) is 0.273. The maximum absolute atomic E-state index is 15.2. The molecule has 1 N–H and O–H groups in total. The number of morpholine rings is 1. The highest BCUT2D eigenvalue weighted by Crippen LogP contribution is 2.34. The predicted octanol–water partition coefficient (Wildman–Crippen LogP) is 3.99. The van der Waals surface area contributed by atoms with Crippen LogP contribution < -0.4 is 10.3 Å². The lowest BCUT2D eigenvalue weighted by Crippen LogP contribution is -2.37. The summed E-state index contributed by atoms with van der Waals surface area (Å²) in [7, 11) is 0. The molecule has 1 aliphatic heterocycles.